The number of hydrogen-bond donors (Lipinski definition) is 0. The molecule has 1 fully saturated rings. The minimum Gasteiger partial charge on any atom is -0.367 e. The van der Waals surface area contributed by atoms with Crippen LogP contribution in [-0.2, 0) is 12.8 Å². The third-order valence-electron chi connectivity index (χ3n) is 5.58. The number of fused-ring (bicyclic) bond motifs is 1. The number of piperidine rings is 1. The van der Waals surface area contributed by atoms with Gasteiger partial charge in [0, 0.05) is 40.8 Å². The van der Waals surface area contributed by atoms with Gasteiger partial charge in [-0.1, -0.05) is 35.9 Å². The summed E-state index contributed by atoms with van der Waals surface area (Å²) in [5, 5.41) is 0.846. The lowest BCUT2D eigenvalue weighted by Gasteiger charge is -2.38. The molecular weight excluding hydrogens is 443 g/mol. The Bertz CT molecular complexity index is 740. The number of anilines is 1. The van der Waals surface area contributed by atoms with Crippen molar-refractivity contribution in [1.29, 1.82) is 0 Å². The summed E-state index contributed by atoms with van der Waals surface area (Å²) in [6.45, 7) is 4.75. The van der Waals surface area contributed by atoms with Crippen LogP contribution in [0.4, 0.5) is 5.69 Å². The Morgan fingerprint density at radius 1 is 1.04 bits per heavy atom. The predicted molar refractivity (Wildman–Crippen MR) is 115 cm³/mol. The van der Waals surface area contributed by atoms with E-state index in [0.29, 0.717) is 6.04 Å². The van der Waals surface area contributed by atoms with Gasteiger partial charge in [-0.05, 0) is 77.6 Å². The molecule has 0 atom stereocenters. The summed E-state index contributed by atoms with van der Waals surface area (Å²) in [4.78, 5) is 5.30. The van der Waals surface area contributed by atoms with Gasteiger partial charge in [-0.3, -0.25) is 0 Å². The number of nitrogens with zero attached hydrogens (tertiary/aromatic N) is 2. The normalized spacial score (nSPS) is 18.6. The van der Waals surface area contributed by atoms with Crippen LogP contribution in [-0.4, -0.2) is 37.1 Å². The highest BCUT2D eigenvalue weighted by atomic mass is 127. The van der Waals surface area contributed by atoms with Crippen LogP contribution in [0.25, 0.3) is 0 Å². The first-order valence-corrected chi connectivity index (χ1v) is 10.7. The van der Waals surface area contributed by atoms with Gasteiger partial charge in [-0.2, -0.15) is 0 Å². The molecule has 2 aromatic carbocycles. The Kier molecular flexibility index (Phi) is 5.53. The first kappa shape index (κ1) is 17.6. The molecule has 0 spiro atoms. The molecule has 2 aromatic rings. The van der Waals surface area contributed by atoms with Crippen LogP contribution < -0.4 is 4.90 Å². The molecule has 0 amide bonds. The van der Waals surface area contributed by atoms with Gasteiger partial charge in [0.1, 0.15) is 0 Å². The van der Waals surface area contributed by atoms with Crippen molar-refractivity contribution in [3.63, 3.8) is 0 Å². The van der Waals surface area contributed by atoms with Gasteiger partial charge >= 0.3 is 0 Å². The molecule has 4 rings (SSSR count). The third-order valence-corrected chi connectivity index (χ3v) is 6.69. The van der Waals surface area contributed by atoms with Crippen LogP contribution >= 0.6 is 34.2 Å². The number of hydrogen-bond acceptors (Lipinski definition) is 2. The molecule has 2 aliphatic heterocycles. The molecule has 0 radical (unpaired) electrons. The molecule has 4 heteroatoms. The molecule has 25 heavy (non-hydrogen) atoms. The summed E-state index contributed by atoms with van der Waals surface area (Å²) in [6.07, 6.45) is 4.86. The second-order valence-corrected chi connectivity index (χ2v) is 8.74. The van der Waals surface area contributed by atoms with Gasteiger partial charge in [-0.25, -0.2) is 0 Å². The van der Waals surface area contributed by atoms with Crippen molar-refractivity contribution in [3.8, 4) is 0 Å². The number of likely N-dealkylation sites (tertiary alicyclic amines) is 1. The van der Waals surface area contributed by atoms with E-state index in [-0.39, 0.29) is 0 Å². The molecule has 0 aliphatic carbocycles. The fraction of sp³-hybridized carbons (Fsp3) is 0.429. The van der Waals surface area contributed by atoms with Gasteiger partial charge in [0.15, 0.2) is 0 Å². The lowest BCUT2D eigenvalue weighted by atomic mass is 10.0. The maximum atomic E-state index is 6.09. The first-order valence-electron chi connectivity index (χ1n) is 9.21. The van der Waals surface area contributed by atoms with E-state index in [9.17, 15) is 0 Å². The Balaban J connectivity index is 1.32. The number of rotatable bonds is 4. The Morgan fingerprint density at radius 2 is 1.84 bits per heavy atom. The molecule has 2 heterocycles. The van der Waals surface area contributed by atoms with E-state index >= 15 is 0 Å². The monoisotopic (exact) mass is 466 g/mol. The van der Waals surface area contributed by atoms with E-state index < -0.39 is 0 Å². The van der Waals surface area contributed by atoms with Crippen molar-refractivity contribution in [3.05, 3.63) is 62.2 Å². The average molecular weight is 467 g/mol. The number of halogens is 2. The van der Waals surface area contributed by atoms with E-state index in [1.807, 2.05) is 6.07 Å². The van der Waals surface area contributed by atoms with Crippen molar-refractivity contribution < 1.29 is 0 Å². The molecular formula is C21H24ClIN2. The van der Waals surface area contributed by atoms with Crippen molar-refractivity contribution >= 4 is 39.9 Å². The fourth-order valence-corrected chi connectivity index (χ4v) is 5.31. The Labute approximate surface area is 169 Å². The zero-order valence-electron chi connectivity index (χ0n) is 14.4. The SMILES string of the molecule is Clc1cccc(CCN2CCC(N3CCc4cccc(I)c43)CC2)c1. The smallest absolute Gasteiger partial charge is 0.0537 e. The van der Waals surface area contributed by atoms with Crippen molar-refractivity contribution in [2.24, 2.45) is 0 Å². The summed E-state index contributed by atoms with van der Waals surface area (Å²) in [6, 6.07) is 15.7. The van der Waals surface area contributed by atoms with Crippen LogP contribution in [0, 0.1) is 3.57 Å². The topological polar surface area (TPSA) is 6.48 Å². The van der Waals surface area contributed by atoms with Gasteiger partial charge in [0.05, 0.1) is 5.69 Å². The predicted octanol–water partition coefficient (Wildman–Crippen LogP) is 5.01. The first-order chi connectivity index (χ1) is 12.2. The third kappa shape index (κ3) is 3.99. The van der Waals surface area contributed by atoms with E-state index in [1.165, 1.54) is 59.3 Å². The summed E-state index contributed by atoms with van der Waals surface area (Å²) in [5.41, 5.74) is 4.40. The maximum Gasteiger partial charge on any atom is 0.0537 e. The molecule has 0 bridgehead atoms. The number of benzene rings is 2. The molecule has 1 saturated heterocycles. The molecule has 0 N–H and O–H groups in total. The van der Waals surface area contributed by atoms with Crippen molar-refractivity contribution in [2.45, 2.75) is 31.7 Å². The van der Waals surface area contributed by atoms with Crippen LogP contribution in [0.1, 0.15) is 24.0 Å². The molecule has 2 nitrogen and oxygen atoms in total. The maximum absolute atomic E-state index is 6.09. The molecule has 2 aliphatic rings. The minimum absolute atomic E-state index is 0.708. The summed E-state index contributed by atoms with van der Waals surface area (Å²) < 4.78 is 1.41. The van der Waals surface area contributed by atoms with Crippen LogP contribution in [0.2, 0.25) is 5.02 Å². The highest BCUT2D eigenvalue weighted by Gasteiger charge is 2.30. The van der Waals surface area contributed by atoms with E-state index in [1.54, 1.807) is 0 Å². The molecule has 132 valence electrons. The van der Waals surface area contributed by atoms with E-state index in [4.69, 9.17) is 11.6 Å². The van der Waals surface area contributed by atoms with Gasteiger partial charge in [-0.15, -0.1) is 0 Å². The van der Waals surface area contributed by atoms with Crippen molar-refractivity contribution in [2.75, 3.05) is 31.1 Å². The quantitative estimate of drug-likeness (QED) is 0.584. The van der Waals surface area contributed by atoms with Crippen LogP contribution in [0.3, 0.4) is 0 Å². The van der Waals surface area contributed by atoms with Gasteiger partial charge in [0.25, 0.3) is 0 Å². The lowest BCUT2D eigenvalue weighted by Crippen LogP contribution is -2.45. The van der Waals surface area contributed by atoms with E-state index in [0.717, 1.165) is 18.0 Å². The van der Waals surface area contributed by atoms with Crippen molar-refractivity contribution in [1.82, 2.24) is 4.90 Å². The Morgan fingerprint density at radius 3 is 2.64 bits per heavy atom. The summed E-state index contributed by atoms with van der Waals surface area (Å²) >= 11 is 8.59. The molecule has 0 aromatic heterocycles. The zero-order valence-corrected chi connectivity index (χ0v) is 17.3. The lowest BCUT2D eigenvalue weighted by molar-refractivity contribution is 0.212. The van der Waals surface area contributed by atoms with Crippen LogP contribution in [0.15, 0.2) is 42.5 Å². The second-order valence-electron chi connectivity index (χ2n) is 7.14. The van der Waals surface area contributed by atoms with Gasteiger partial charge < -0.3 is 9.80 Å². The summed E-state index contributed by atoms with van der Waals surface area (Å²) in [7, 11) is 0. The molecule has 0 unspecified atom stereocenters. The average Bonchev–Trinajstić information content (AvgIpc) is 3.06. The Hall–Kier alpha value is -0.780. The van der Waals surface area contributed by atoms with E-state index in [2.05, 4.69) is 68.8 Å². The molecule has 0 saturated carbocycles. The zero-order chi connectivity index (χ0) is 17.2. The van der Waals surface area contributed by atoms with Gasteiger partial charge in [0.2, 0.25) is 0 Å². The largest absolute Gasteiger partial charge is 0.367 e. The van der Waals surface area contributed by atoms with Crippen LogP contribution in [0.5, 0.6) is 0 Å². The fourth-order valence-electron chi connectivity index (χ4n) is 4.24. The minimum atomic E-state index is 0.708. The summed E-state index contributed by atoms with van der Waals surface area (Å²) in [5.74, 6) is 0. The highest BCUT2D eigenvalue weighted by Crippen LogP contribution is 2.36. The number of para-hydroxylation sites is 1. The standard InChI is InChI=1S/C21H24ClIN2/c22-18-5-1-3-16(15-18)7-11-24-12-9-19(10-13-24)25-14-8-17-4-2-6-20(23)21(17)25/h1-6,15,19H,7-14H2. The second kappa shape index (κ2) is 7.85. The highest BCUT2D eigenvalue weighted by molar-refractivity contribution is 14.1.